The Labute approximate surface area is 445 Å². The smallest absolute Gasteiger partial charge is 0.365 e. The van der Waals surface area contributed by atoms with Gasteiger partial charge in [-0.3, -0.25) is 28.9 Å². The molecule has 3 N–H and O–H groups in total. The summed E-state index contributed by atoms with van der Waals surface area (Å²) in [6.07, 6.45) is -0.646. The monoisotopic (exact) mass is 1080 g/mol. The molecule has 1 saturated heterocycles. The highest BCUT2D eigenvalue weighted by Gasteiger charge is 2.55. The standard InChI is InChI=1S/C53H43N9O13S2/c1-30(63)71-39-24-23-36(25-40(39)72-31(2)64)50(68)75-58-42(38-27-70-52(54)55-38)47(66)56-43-48(67)62-44(51(69)74-46(34-19-11-5-12-20-34)35-21-13-6-14-22-35)37(28-76-49(43)62)29-77-53-57-59-60-61(53)26-41(65)73-45(32-15-7-3-8-16-32)33-17-9-4-10-18-33/h3-25,27,43,45-46,49H,26,28-29H2,1-2H3,(H2,54,55)(H,56,66)/b58-42-/t43-,49+/m1/s1. The number of oxime groups is 1. The van der Waals surface area contributed by atoms with Gasteiger partial charge in [0, 0.05) is 25.4 Å². The van der Waals surface area contributed by atoms with E-state index in [4.69, 9.17) is 33.9 Å². The number of oxazole rings is 1. The minimum absolute atomic E-state index is 0.0446. The Morgan fingerprint density at radius 1 is 0.779 bits per heavy atom. The lowest BCUT2D eigenvalue weighted by Crippen LogP contribution is -2.71. The van der Waals surface area contributed by atoms with Crippen molar-refractivity contribution in [3.63, 3.8) is 0 Å². The summed E-state index contributed by atoms with van der Waals surface area (Å²) in [5.74, 6) is -6.15. The van der Waals surface area contributed by atoms with Gasteiger partial charge in [0.2, 0.25) is 5.16 Å². The van der Waals surface area contributed by atoms with E-state index in [1.807, 2.05) is 97.1 Å². The number of rotatable bonds is 19. The summed E-state index contributed by atoms with van der Waals surface area (Å²) in [6.45, 7) is 1.87. The Hall–Kier alpha value is -9.42. The van der Waals surface area contributed by atoms with Gasteiger partial charge in [-0.05, 0) is 56.5 Å². The molecule has 2 aromatic heterocycles. The normalized spacial score (nSPS) is 15.0. The molecule has 5 aromatic carbocycles. The van der Waals surface area contributed by atoms with Crippen molar-refractivity contribution in [3.8, 4) is 11.5 Å². The maximum absolute atomic E-state index is 14.8. The predicted molar refractivity (Wildman–Crippen MR) is 274 cm³/mol. The van der Waals surface area contributed by atoms with Gasteiger partial charge >= 0.3 is 29.8 Å². The van der Waals surface area contributed by atoms with Gasteiger partial charge in [-0.15, -0.1) is 16.9 Å². The van der Waals surface area contributed by atoms with E-state index in [1.54, 1.807) is 24.3 Å². The van der Waals surface area contributed by atoms with E-state index in [-0.39, 0.29) is 57.7 Å². The van der Waals surface area contributed by atoms with Crippen molar-refractivity contribution in [2.75, 3.05) is 17.2 Å². The molecule has 2 atom stereocenters. The fourth-order valence-corrected chi connectivity index (χ4v) is 10.4. The van der Waals surface area contributed by atoms with Gasteiger partial charge in [-0.25, -0.2) is 14.3 Å². The number of esters is 4. The predicted octanol–water partition coefficient (Wildman–Crippen LogP) is 5.77. The fourth-order valence-electron chi connectivity index (χ4n) is 8.01. The third kappa shape index (κ3) is 12.4. The van der Waals surface area contributed by atoms with Gasteiger partial charge in [-0.2, -0.15) is 4.98 Å². The second-order valence-corrected chi connectivity index (χ2v) is 18.8. The molecule has 0 aliphatic carbocycles. The van der Waals surface area contributed by atoms with Crippen LogP contribution in [0, 0.1) is 0 Å². The highest BCUT2D eigenvalue weighted by molar-refractivity contribution is 8.01. The average molecular weight is 1080 g/mol. The molecule has 0 spiro atoms. The van der Waals surface area contributed by atoms with Gasteiger partial charge in [-0.1, -0.05) is 138 Å². The van der Waals surface area contributed by atoms with E-state index in [0.29, 0.717) is 16.7 Å². The van der Waals surface area contributed by atoms with Crippen LogP contribution in [0.15, 0.2) is 172 Å². The van der Waals surface area contributed by atoms with Gasteiger partial charge in [0.05, 0.1) is 5.56 Å². The van der Waals surface area contributed by atoms with Crippen molar-refractivity contribution < 1.29 is 61.8 Å². The van der Waals surface area contributed by atoms with Crippen LogP contribution in [0.4, 0.5) is 6.01 Å². The molecule has 0 saturated carbocycles. The third-order valence-electron chi connectivity index (χ3n) is 11.5. The number of nitrogen functional groups attached to an aromatic ring is 1. The molecule has 2 aliphatic rings. The molecular weight excluding hydrogens is 1030 g/mol. The van der Waals surface area contributed by atoms with Crippen molar-refractivity contribution in [3.05, 3.63) is 191 Å². The molecule has 4 heterocycles. The molecular formula is C53H43N9O13S2. The molecule has 390 valence electrons. The molecule has 1 fully saturated rings. The number of β-lactam (4-membered cyclic amide) rings is 1. The number of nitrogens with two attached hydrogens (primary N) is 1. The number of nitrogens with one attached hydrogen (secondary N) is 1. The van der Waals surface area contributed by atoms with Crippen LogP contribution in [0.2, 0.25) is 0 Å². The molecule has 9 rings (SSSR count). The van der Waals surface area contributed by atoms with Crippen LogP contribution in [-0.4, -0.2) is 100 Å². The third-order valence-corrected chi connectivity index (χ3v) is 13.8. The van der Waals surface area contributed by atoms with Crippen LogP contribution in [-0.2, 0) is 49.6 Å². The van der Waals surface area contributed by atoms with E-state index in [0.717, 1.165) is 49.1 Å². The molecule has 0 radical (unpaired) electrons. The number of hydrogen-bond donors (Lipinski definition) is 2. The summed E-state index contributed by atoms with van der Waals surface area (Å²) in [4.78, 5) is 104. The van der Waals surface area contributed by atoms with Crippen LogP contribution in [0.25, 0.3) is 0 Å². The van der Waals surface area contributed by atoms with E-state index >= 15 is 0 Å². The number of hydrogen-bond acceptors (Lipinski definition) is 21. The molecule has 2 amide bonds. The summed E-state index contributed by atoms with van der Waals surface area (Å²) in [5, 5.41) is 17.7. The first-order valence-corrected chi connectivity index (χ1v) is 25.3. The molecule has 7 aromatic rings. The van der Waals surface area contributed by atoms with Crippen LogP contribution < -0.4 is 20.5 Å². The Morgan fingerprint density at radius 2 is 1.35 bits per heavy atom. The highest BCUT2D eigenvalue weighted by Crippen LogP contribution is 2.43. The SMILES string of the molecule is CC(=O)Oc1ccc(C(=O)O/N=C(\C(=O)N[C@@H]2C(=O)N3C(C(=O)OC(c4ccccc4)c4ccccc4)=C(CSc4nnnn4CC(=O)OC(c4ccccc4)c4ccccc4)CS[C@@H]23)c2coc(N)n2)cc1OC(C)=O. The zero-order chi connectivity index (χ0) is 54.0. The van der Waals surface area contributed by atoms with Gasteiger partial charge in [0.25, 0.3) is 17.8 Å². The molecule has 24 heteroatoms. The number of fused-ring (bicyclic) bond motifs is 1. The highest BCUT2D eigenvalue weighted by atomic mass is 32.2. The summed E-state index contributed by atoms with van der Waals surface area (Å²) in [6, 6.07) is 38.5. The first kappa shape index (κ1) is 52.4. The first-order valence-electron chi connectivity index (χ1n) is 23.3. The minimum Gasteiger partial charge on any atom is -0.451 e. The quantitative estimate of drug-likeness (QED) is 0.0185. The molecule has 77 heavy (non-hydrogen) atoms. The van der Waals surface area contributed by atoms with Crippen LogP contribution in [0.3, 0.4) is 0 Å². The second-order valence-electron chi connectivity index (χ2n) is 16.8. The lowest BCUT2D eigenvalue weighted by molar-refractivity contribution is -0.154. The first-order chi connectivity index (χ1) is 37.3. The Bertz CT molecular complexity index is 3340. The summed E-state index contributed by atoms with van der Waals surface area (Å²) >= 11 is 2.34. The van der Waals surface area contributed by atoms with Gasteiger partial charge in [0.15, 0.2) is 29.4 Å². The van der Waals surface area contributed by atoms with E-state index < -0.39 is 71.0 Å². The number of aromatic nitrogens is 5. The molecule has 0 unspecified atom stereocenters. The van der Waals surface area contributed by atoms with Crippen molar-refractivity contribution >= 4 is 76.9 Å². The van der Waals surface area contributed by atoms with E-state index in [2.05, 4.69) is 31.0 Å². The maximum atomic E-state index is 14.8. The molecule has 0 bridgehead atoms. The second kappa shape index (κ2) is 23.8. The van der Waals surface area contributed by atoms with Crippen LogP contribution in [0.1, 0.15) is 64.4 Å². The number of carbonyl (C=O) groups excluding carboxylic acids is 7. The van der Waals surface area contributed by atoms with Crippen LogP contribution in [0.5, 0.6) is 11.5 Å². The van der Waals surface area contributed by atoms with Crippen molar-refractivity contribution in [2.45, 2.75) is 49.2 Å². The number of carbonyl (C=O) groups is 7. The number of tetrazole rings is 1. The fraction of sp³-hybridized carbons (Fsp3) is 0.170. The Morgan fingerprint density at radius 3 is 1.91 bits per heavy atom. The van der Waals surface area contributed by atoms with Gasteiger partial charge < -0.3 is 39.3 Å². The summed E-state index contributed by atoms with van der Waals surface area (Å²) in [7, 11) is 0. The van der Waals surface area contributed by atoms with Crippen molar-refractivity contribution in [2.24, 2.45) is 5.16 Å². The lowest BCUT2D eigenvalue weighted by Gasteiger charge is -2.49. The Balaban J connectivity index is 0.964. The average Bonchev–Trinajstić information content (AvgIpc) is 4.09. The van der Waals surface area contributed by atoms with E-state index in [1.165, 1.54) is 33.5 Å². The van der Waals surface area contributed by atoms with Crippen molar-refractivity contribution in [1.82, 2.24) is 35.4 Å². The lowest BCUT2D eigenvalue weighted by atomic mass is 10.0. The summed E-state index contributed by atoms with van der Waals surface area (Å²) in [5.41, 5.74) is 7.78. The van der Waals surface area contributed by atoms with E-state index in [9.17, 15) is 33.6 Å². The molecule has 2 aliphatic heterocycles. The zero-order valence-electron chi connectivity index (χ0n) is 40.6. The topological polar surface area (TPSA) is 289 Å². The largest absolute Gasteiger partial charge is 0.451 e. The maximum Gasteiger partial charge on any atom is 0.365 e. The number of nitrogens with zero attached hydrogens (tertiary/aromatic N) is 7. The summed E-state index contributed by atoms with van der Waals surface area (Å²) < 4.78 is 28.9. The number of anilines is 1. The number of ether oxygens (including phenoxy) is 4. The van der Waals surface area contributed by atoms with Crippen LogP contribution >= 0.6 is 23.5 Å². The zero-order valence-corrected chi connectivity index (χ0v) is 42.3. The number of thioether (sulfide) groups is 2. The van der Waals surface area contributed by atoms with Crippen molar-refractivity contribution in [1.29, 1.82) is 0 Å². The number of benzene rings is 5. The Kier molecular flexibility index (Phi) is 16.2. The van der Waals surface area contributed by atoms with Gasteiger partial charge in [0.1, 0.15) is 35.6 Å². The molecule has 22 nitrogen and oxygen atoms in total. The number of amides is 2. The minimum atomic E-state index is -1.28.